The van der Waals surface area contributed by atoms with Gasteiger partial charge in [0.1, 0.15) is 0 Å². The summed E-state index contributed by atoms with van der Waals surface area (Å²) in [6.45, 7) is 5.19. The molecule has 3 aliphatic rings. The van der Waals surface area contributed by atoms with Crippen molar-refractivity contribution in [3.63, 3.8) is 0 Å². The van der Waals surface area contributed by atoms with Crippen molar-refractivity contribution in [3.8, 4) is 0 Å². The minimum atomic E-state index is -0.778. The molecule has 11 heteroatoms. The molecule has 0 atom stereocenters. The van der Waals surface area contributed by atoms with Crippen LogP contribution in [0.3, 0.4) is 0 Å². The van der Waals surface area contributed by atoms with Gasteiger partial charge < -0.3 is 20.0 Å². The van der Waals surface area contributed by atoms with Crippen LogP contribution >= 0.6 is 0 Å². The first kappa shape index (κ1) is 28.9. The Morgan fingerprint density at radius 1 is 0.667 bits per heavy atom. The highest BCUT2D eigenvalue weighted by Crippen LogP contribution is 2.20. The van der Waals surface area contributed by atoms with Crippen LogP contribution in [0.1, 0.15) is 56.3 Å². The molecule has 2 bridgehead atoms. The first-order valence-electron chi connectivity index (χ1n) is 14.2. The van der Waals surface area contributed by atoms with Gasteiger partial charge in [0.25, 0.3) is 0 Å². The smallest absolute Gasteiger partial charge is 0.306 e. The van der Waals surface area contributed by atoms with Gasteiger partial charge in [-0.1, -0.05) is 12.5 Å². The molecule has 0 aliphatic carbocycles. The van der Waals surface area contributed by atoms with Crippen LogP contribution in [0.4, 0.5) is 0 Å². The van der Waals surface area contributed by atoms with Crippen molar-refractivity contribution >= 4 is 23.8 Å². The van der Waals surface area contributed by atoms with Crippen LogP contribution in [-0.2, 0) is 32.3 Å². The van der Waals surface area contributed by atoms with Crippen LogP contribution in [0.15, 0.2) is 18.2 Å². The summed E-state index contributed by atoms with van der Waals surface area (Å²) in [6, 6.07) is 5.90. The average molecular weight is 544 g/mol. The third-order valence-corrected chi connectivity index (χ3v) is 8.20. The van der Waals surface area contributed by atoms with Gasteiger partial charge in [0.15, 0.2) is 0 Å². The quantitative estimate of drug-likeness (QED) is 0.547. The number of nitrogens with zero attached hydrogens (tertiary/aromatic N) is 5. The van der Waals surface area contributed by atoms with Crippen LogP contribution in [-0.4, -0.2) is 111 Å². The van der Waals surface area contributed by atoms with Crippen molar-refractivity contribution in [1.82, 2.24) is 24.6 Å². The number of aromatic nitrogens is 1. The van der Waals surface area contributed by atoms with Gasteiger partial charge in [-0.2, -0.15) is 0 Å². The number of carbonyl (C=O) groups excluding carboxylic acids is 2. The largest absolute Gasteiger partial charge is 0.481 e. The number of carboxylic acid groups (broad SMARTS) is 2. The Kier molecular flexibility index (Phi) is 10.3. The van der Waals surface area contributed by atoms with Crippen LogP contribution in [0.5, 0.6) is 0 Å². The molecule has 11 nitrogen and oxygen atoms in total. The van der Waals surface area contributed by atoms with Crippen molar-refractivity contribution in [2.75, 3.05) is 52.4 Å². The van der Waals surface area contributed by atoms with Crippen molar-refractivity contribution < 1.29 is 29.4 Å². The number of pyridine rings is 1. The number of rotatable bonds is 6. The average Bonchev–Trinajstić information content (AvgIpc) is 2.92. The number of fused-ring (bicyclic) bond motifs is 2. The summed E-state index contributed by atoms with van der Waals surface area (Å²) < 4.78 is 0. The van der Waals surface area contributed by atoms with Crippen molar-refractivity contribution in [2.45, 2.75) is 58.0 Å². The van der Waals surface area contributed by atoms with Crippen molar-refractivity contribution in [3.05, 3.63) is 29.6 Å². The molecule has 0 unspecified atom stereocenters. The standard InChI is InChI=1S/C28H41N5O6/c34-25(32-13-7-21(8-14-32)27(36)37)19-30-11-2-1-3-12-31(18-24-6-4-5-23(17-30)29-24)20-26(35)33-15-9-22(10-16-33)28(38)39/h4-6,21-22H,1-3,7-20H2,(H,36,37)(H,38,39). The zero-order chi connectivity index (χ0) is 27.8. The van der Waals surface area contributed by atoms with Gasteiger partial charge in [0.2, 0.25) is 11.8 Å². The zero-order valence-corrected chi connectivity index (χ0v) is 22.7. The fourth-order valence-corrected chi connectivity index (χ4v) is 5.77. The summed E-state index contributed by atoms with van der Waals surface area (Å²) in [6.07, 6.45) is 4.85. The van der Waals surface area contributed by atoms with Gasteiger partial charge in [-0.25, -0.2) is 0 Å². The SMILES string of the molecule is O=C(O)C1CCN(C(=O)CN2CCCCCN(CC(=O)N3CCC(C(=O)O)CC3)Cc3cccc(n3)C2)CC1. The van der Waals surface area contributed by atoms with E-state index < -0.39 is 11.9 Å². The third kappa shape index (κ3) is 8.47. The number of amides is 2. The number of aliphatic carboxylic acids is 2. The van der Waals surface area contributed by atoms with Crippen LogP contribution in [0.2, 0.25) is 0 Å². The van der Waals surface area contributed by atoms with Crippen molar-refractivity contribution in [2.24, 2.45) is 11.8 Å². The van der Waals surface area contributed by atoms with E-state index in [1.807, 2.05) is 18.2 Å². The highest BCUT2D eigenvalue weighted by atomic mass is 16.4. The summed E-state index contributed by atoms with van der Waals surface area (Å²) in [4.78, 5) is 61.2. The van der Waals surface area contributed by atoms with E-state index in [0.29, 0.717) is 78.0 Å². The molecule has 2 saturated heterocycles. The van der Waals surface area contributed by atoms with Gasteiger partial charge in [-0.05, 0) is 63.7 Å². The molecule has 1 aromatic heterocycles. The van der Waals surface area contributed by atoms with E-state index in [4.69, 9.17) is 4.98 Å². The number of carbonyl (C=O) groups is 4. The second-order valence-corrected chi connectivity index (χ2v) is 11.1. The van der Waals surface area contributed by atoms with E-state index in [1.165, 1.54) is 0 Å². The molecule has 1 aromatic rings. The lowest BCUT2D eigenvalue weighted by atomic mass is 9.97. The Bertz CT molecular complexity index is 944. The summed E-state index contributed by atoms with van der Waals surface area (Å²) >= 11 is 0. The van der Waals surface area contributed by atoms with Gasteiger partial charge in [-0.3, -0.25) is 34.0 Å². The lowest BCUT2D eigenvalue weighted by molar-refractivity contribution is -0.146. The monoisotopic (exact) mass is 543 g/mol. The van der Waals surface area contributed by atoms with E-state index in [0.717, 1.165) is 43.7 Å². The number of hydrogen-bond acceptors (Lipinski definition) is 7. The van der Waals surface area contributed by atoms with E-state index in [-0.39, 0.29) is 23.7 Å². The Hall–Kier alpha value is -3.05. The summed E-state index contributed by atoms with van der Waals surface area (Å²) in [7, 11) is 0. The molecule has 4 rings (SSSR count). The molecule has 214 valence electrons. The Morgan fingerprint density at radius 3 is 1.46 bits per heavy atom. The predicted molar refractivity (Wildman–Crippen MR) is 143 cm³/mol. The maximum absolute atomic E-state index is 13.0. The van der Waals surface area contributed by atoms with Crippen LogP contribution < -0.4 is 0 Å². The second kappa shape index (κ2) is 13.8. The molecule has 0 saturated carbocycles. The number of carboxylic acids is 2. The Labute approximate surface area is 229 Å². The Morgan fingerprint density at radius 2 is 1.08 bits per heavy atom. The minimum Gasteiger partial charge on any atom is -0.481 e. The van der Waals surface area contributed by atoms with Crippen molar-refractivity contribution in [1.29, 1.82) is 0 Å². The number of likely N-dealkylation sites (tertiary alicyclic amines) is 2. The molecular weight excluding hydrogens is 502 g/mol. The van der Waals surface area contributed by atoms with E-state index in [1.54, 1.807) is 9.80 Å². The molecular formula is C28H41N5O6. The van der Waals surface area contributed by atoms with E-state index >= 15 is 0 Å². The maximum Gasteiger partial charge on any atom is 0.306 e. The Balaban J connectivity index is 1.33. The third-order valence-electron chi connectivity index (χ3n) is 8.20. The first-order valence-corrected chi connectivity index (χ1v) is 14.2. The molecule has 3 aliphatic heterocycles. The number of piperidine rings is 2. The van der Waals surface area contributed by atoms with E-state index in [9.17, 15) is 29.4 Å². The molecule has 0 radical (unpaired) electrons. The van der Waals surface area contributed by atoms with Crippen LogP contribution in [0.25, 0.3) is 0 Å². The molecule has 4 heterocycles. The fourth-order valence-electron chi connectivity index (χ4n) is 5.77. The van der Waals surface area contributed by atoms with E-state index in [2.05, 4.69) is 9.80 Å². The van der Waals surface area contributed by atoms with Gasteiger partial charge in [0, 0.05) is 39.3 Å². The fraction of sp³-hybridized carbons (Fsp3) is 0.679. The lowest BCUT2D eigenvalue weighted by Gasteiger charge is -2.33. The zero-order valence-electron chi connectivity index (χ0n) is 22.7. The predicted octanol–water partition coefficient (Wildman–Crippen LogP) is 1.52. The normalized spacial score (nSPS) is 21.1. The second-order valence-electron chi connectivity index (χ2n) is 11.1. The van der Waals surface area contributed by atoms with Crippen LogP contribution in [0, 0.1) is 11.8 Å². The summed E-state index contributed by atoms with van der Waals surface area (Å²) in [5.41, 5.74) is 1.76. The van der Waals surface area contributed by atoms with Gasteiger partial charge in [0.05, 0.1) is 36.3 Å². The summed E-state index contributed by atoms with van der Waals surface area (Å²) in [5.74, 6) is -2.19. The number of hydrogen-bond donors (Lipinski definition) is 2. The highest BCUT2D eigenvalue weighted by Gasteiger charge is 2.29. The molecule has 2 fully saturated rings. The molecule has 0 spiro atoms. The topological polar surface area (TPSA) is 135 Å². The maximum atomic E-state index is 13.0. The highest BCUT2D eigenvalue weighted by molar-refractivity contribution is 5.79. The first-order chi connectivity index (χ1) is 18.8. The molecule has 0 aromatic carbocycles. The van der Waals surface area contributed by atoms with Gasteiger partial charge in [-0.15, -0.1) is 0 Å². The van der Waals surface area contributed by atoms with Gasteiger partial charge >= 0.3 is 11.9 Å². The molecule has 2 N–H and O–H groups in total. The molecule has 2 amide bonds. The minimum absolute atomic E-state index is 0.0409. The molecule has 39 heavy (non-hydrogen) atoms. The summed E-state index contributed by atoms with van der Waals surface area (Å²) in [5, 5.41) is 18.5. The lowest BCUT2D eigenvalue weighted by Crippen LogP contribution is -2.45.